The number of nitrogens with one attached hydrogen (secondary N) is 2. The van der Waals surface area contributed by atoms with Gasteiger partial charge in [-0.1, -0.05) is 26.0 Å². The molecule has 0 aliphatic rings. The van der Waals surface area contributed by atoms with Crippen LogP contribution in [-0.4, -0.2) is 18.0 Å². The van der Waals surface area contributed by atoms with E-state index in [1.807, 2.05) is 26.0 Å². The molecule has 0 saturated heterocycles. The summed E-state index contributed by atoms with van der Waals surface area (Å²) in [4.78, 5) is 11.8. The molecule has 0 unspecified atom stereocenters. The van der Waals surface area contributed by atoms with Crippen LogP contribution in [0.3, 0.4) is 0 Å². The summed E-state index contributed by atoms with van der Waals surface area (Å²) >= 11 is 0. The molecule has 1 rings (SSSR count). The maximum atomic E-state index is 11.8. The summed E-state index contributed by atoms with van der Waals surface area (Å²) in [7, 11) is 0. The Morgan fingerprint density at radius 2 is 2.00 bits per heavy atom. The van der Waals surface area contributed by atoms with E-state index in [-0.39, 0.29) is 11.4 Å². The molecule has 3 nitrogen and oxygen atoms in total. The van der Waals surface area contributed by atoms with Crippen molar-refractivity contribution in [3.05, 3.63) is 29.8 Å². The summed E-state index contributed by atoms with van der Waals surface area (Å²) < 4.78 is 0. The largest absolute Gasteiger partial charge is 0.376 e. The molecule has 0 spiro atoms. The minimum absolute atomic E-state index is 0.0313. The Morgan fingerprint density at radius 3 is 2.61 bits per heavy atom. The van der Waals surface area contributed by atoms with Gasteiger partial charge < -0.3 is 10.6 Å². The van der Waals surface area contributed by atoms with Crippen LogP contribution in [0.25, 0.3) is 0 Å². The van der Waals surface area contributed by atoms with Gasteiger partial charge in [0.2, 0.25) is 5.91 Å². The Morgan fingerprint density at radius 1 is 1.28 bits per heavy atom. The zero-order chi connectivity index (χ0) is 13.6. The normalized spacial score (nSPS) is 11.1. The van der Waals surface area contributed by atoms with E-state index in [1.54, 1.807) is 0 Å². The molecule has 0 aliphatic heterocycles. The summed E-state index contributed by atoms with van der Waals surface area (Å²) in [6.45, 7) is 8.57. The van der Waals surface area contributed by atoms with Crippen LogP contribution in [0.1, 0.15) is 39.7 Å². The van der Waals surface area contributed by atoms with Crippen LogP contribution < -0.4 is 10.6 Å². The van der Waals surface area contributed by atoms with Crippen LogP contribution >= 0.6 is 0 Å². The van der Waals surface area contributed by atoms with Gasteiger partial charge >= 0.3 is 0 Å². The molecule has 100 valence electrons. The van der Waals surface area contributed by atoms with E-state index in [0.29, 0.717) is 6.54 Å². The molecule has 1 aromatic rings. The minimum atomic E-state index is -0.135. The molecule has 0 saturated carbocycles. The lowest BCUT2D eigenvalue weighted by molar-refractivity contribution is -0.121. The maximum absolute atomic E-state index is 11.8. The molecule has 0 atom stereocenters. The van der Waals surface area contributed by atoms with E-state index in [4.69, 9.17) is 0 Å². The summed E-state index contributed by atoms with van der Waals surface area (Å²) in [6, 6.07) is 8.16. The number of hydrogen-bond acceptors (Lipinski definition) is 2. The number of rotatable bonds is 6. The van der Waals surface area contributed by atoms with Gasteiger partial charge in [-0.2, -0.15) is 0 Å². The summed E-state index contributed by atoms with van der Waals surface area (Å²) in [5.74, 6) is 0.0313. The summed E-state index contributed by atoms with van der Waals surface area (Å²) in [5.41, 5.74) is 2.14. The molecule has 0 fully saturated rings. The third kappa shape index (κ3) is 4.78. The SMILES string of the molecule is CCc1cccc(NCC(=O)NC(C)(C)CC)c1. The molecule has 0 aromatic heterocycles. The fourth-order valence-electron chi connectivity index (χ4n) is 1.59. The highest BCUT2D eigenvalue weighted by Crippen LogP contribution is 2.11. The van der Waals surface area contributed by atoms with Crippen molar-refractivity contribution in [2.75, 3.05) is 11.9 Å². The first-order chi connectivity index (χ1) is 8.46. The minimum Gasteiger partial charge on any atom is -0.376 e. The number of carbonyl (C=O) groups excluding carboxylic acids is 1. The van der Waals surface area contributed by atoms with Gasteiger partial charge in [-0.05, 0) is 44.4 Å². The zero-order valence-electron chi connectivity index (χ0n) is 11.8. The lowest BCUT2D eigenvalue weighted by Crippen LogP contribution is -2.45. The Labute approximate surface area is 110 Å². The van der Waals surface area contributed by atoms with Crippen molar-refractivity contribution in [3.8, 4) is 0 Å². The average Bonchev–Trinajstić information content (AvgIpc) is 2.36. The van der Waals surface area contributed by atoms with Crippen molar-refractivity contribution in [1.29, 1.82) is 0 Å². The lowest BCUT2D eigenvalue weighted by atomic mass is 10.0. The van der Waals surface area contributed by atoms with Crippen LogP contribution in [-0.2, 0) is 11.2 Å². The Balaban J connectivity index is 2.47. The number of hydrogen-bond donors (Lipinski definition) is 2. The van der Waals surface area contributed by atoms with Crippen LogP contribution in [0.4, 0.5) is 5.69 Å². The summed E-state index contributed by atoms with van der Waals surface area (Å²) in [5, 5.41) is 6.16. The Bertz CT molecular complexity index is 399. The van der Waals surface area contributed by atoms with E-state index in [2.05, 4.69) is 36.6 Å². The molecule has 0 heterocycles. The van der Waals surface area contributed by atoms with Crippen molar-refractivity contribution >= 4 is 11.6 Å². The fourth-order valence-corrected chi connectivity index (χ4v) is 1.59. The number of aryl methyl sites for hydroxylation is 1. The third-order valence-electron chi connectivity index (χ3n) is 3.15. The van der Waals surface area contributed by atoms with Crippen LogP contribution in [0.2, 0.25) is 0 Å². The lowest BCUT2D eigenvalue weighted by Gasteiger charge is -2.24. The predicted molar refractivity (Wildman–Crippen MR) is 76.8 cm³/mol. The highest BCUT2D eigenvalue weighted by atomic mass is 16.2. The topological polar surface area (TPSA) is 41.1 Å². The Kier molecular flexibility index (Phi) is 5.20. The zero-order valence-corrected chi connectivity index (χ0v) is 11.8. The Hall–Kier alpha value is -1.51. The molecule has 3 heteroatoms. The number of amides is 1. The van der Waals surface area contributed by atoms with Gasteiger partial charge in [0.15, 0.2) is 0 Å². The van der Waals surface area contributed by atoms with Crippen molar-refractivity contribution in [2.45, 2.75) is 46.1 Å². The van der Waals surface area contributed by atoms with Crippen molar-refractivity contribution in [2.24, 2.45) is 0 Å². The van der Waals surface area contributed by atoms with Gasteiger partial charge in [0.1, 0.15) is 0 Å². The second-order valence-electron chi connectivity index (χ2n) is 5.19. The first-order valence-electron chi connectivity index (χ1n) is 6.60. The molecule has 2 N–H and O–H groups in total. The molecule has 18 heavy (non-hydrogen) atoms. The fraction of sp³-hybridized carbons (Fsp3) is 0.533. The van der Waals surface area contributed by atoms with Crippen molar-refractivity contribution < 1.29 is 4.79 Å². The number of benzene rings is 1. The van der Waals surface area contributed by atoms with Crippen LogP contribution in [0, 0.1) is 0 Å². The second kappa shape index (κ2) is 6.43. The monoisotopic (exact) mass is 248 g/mol. The van der Waals surface area contributed by atoms with Gasteiger partial charge in [-0.25, -0.2) is 0 Å². The first kappa shape index (κ1) is 14.6. The third-order valence-corrected chi connectivity index (χ3v) is 3.15. The highest BCUT2D eigenvalue weighted by molar-refractivity contribution is 5.81. The number of anilines is 1. The van der Waals surface area contributed by atoms with Gasteiger partial charge in [0, 0.05) is 11.2 Å². The molecule has 0 bridgehead atoms. The molecule has 1 amide bonds. The van der Waals surface area contributed by atoms with E-state index in [0.717, 1.165) is 18.5 Å². The van der Waals surface area contributed by atoms with Gasteiger partial charge in [-0.15, -0.1) is 0 Å². The quantitative estimate of drug-likeness (QED) is 0.812. The molecular formula is C15H24N2O. The second-order valence-corrected chi connectivity index (χ2v) is 5.19. The van der Waals surface area contributed by atoms with Gasteiger partial charge in [-0.3, -0.25) is 4.79 Å². The summed E-state index contributed by atoms with van der Waals surface area (Å²) in [6.07, 6.45) is 1.93. The van der Waals surface area contributed by atoms with E-state index >= 15 is 0 Å². The van der Waals surface area contributed by atoms with Gasteiger partial charge in [0.05, 0.1) is 6.54 Å². The molecular weight excluding hydrogens is 224 g/mol. The van der Waals surface area contributed by atoms with Gasteiger partial charge in [0.25, 0.3) is 0 Å². The van der Waals surface area contributed by atoms with Crippen LogP contribution in [0.5, 0.6) is 0 Å². The molecule has 1 aromatic carbocycles. The van der Waals surface area contributed by atoms with Crippen LogP contribution in [0.15, 0.2) is 24.3 Å². The van der Waals surface area contributed by atoms with Crippen molar-refractivity contribution in [1.82, 2.24) is 5.32 Å². The van der Waals surface area contributed by atoms with E-state index in [9.17, 15) is 4.79 Å². The maximum Gasteiger partial charge on any atom is 0.239 e. The first-order valence-corrected chi connectivity index (χ1v) is 6.60. The average molecular weight is 248 g/mol. The predicted octanol–water partition coefficient (Wildman–Crippen LogP) is 2.97. The van der Waals surface area contributed by atoms with Crippen molar-refractivity contribution in [3.63, 3.8) is 0 Å². The van der Waals surface area contributed by atoms with E-state index in [1.165, 1.54) is 5.56 Å². The smallest absolute Gasteiger partial charge is 0.239 e. The standard InChI is InChI=1S/C15H24N2O/c1-5-12-8-7-9-13(10-12)16-11-14(18)17-15(3,4)6-2/h7-10,16H,5-6,11H2,1-4H3,(H,17,18). The number of carbonyl (C=O) groups is 1. The molecule has 0 aliphatic carbocycles. The van der Waals surface area contributed by atoms with E-state index < -0.39 is 0 Å². The highest BCUT2D eigenvalue weighted by Gasteiger charge is 2.17. The molecule has 0 radical (unpaired) electrons.